The molecule has 1 aromatic carbocycles. The van der Waals surface area contributed by atoms with E-state index in [1.54, 1.807) is 21.3 Å². The van der Waals surface area contributed by atoms with Crippen molar-refractivity contribution in [3.8, 4) is 29.6 Å². The van der Waals surface area contributed by atoms with E-state index in [9.17, 15) is 4.79 Å². The second kappa shape index (κ2) is 9.83. The molecule has 2 aromatic heterocycles. The van der Waals surface area contributed by atoms with E-state index in [1.165, 1.54) is 6.08 Å². The first-order valence-electron chi connectivity index (χ1n) is 9.89. The van der Waals surface area contributed by atoms with Crippen LogP contribution in [0, 0.1) is 12.3 Å². The summed E-state index contributed by atoms with van der Waals surface area (Å²) in [7, 11) is 4.66. The maximum atomic E-state index is 12.0. The molecular weight excluding hydrogens is 410 g/mol. The molecule has 9 heteroatoms. The number of methoxy groups -OCH3 is 3. The number of imidazole rings is 1. The van der Waals surface area contributed by atoms with Gasteiger partial charge in [0.1, 0.15) is 11.3 Å². The van der Waals surface area contributed by atoms with Gasteiger partial charge in [-0.3, -0.25) is 4.79 Å². The molecule has 0 saturated heterocycles. The van der Waals surface area contributed by atoms with E-state index in [2.05, 4.69) is 27.5 Å². The predicted molar refractivity (Wildman–Crippen MR) is 121 cm³/mol. The molecule has 0 unspecified atom stereocenters. The minimum Gasteiger partial charge on any atom is -0.493 e. The van der Waals surface area contributed by atoms with Crippen molar-refractivity contribution < 1.29 is 19.0 Å². The summed E-state index contributed by atoms with van der Waals surface area (Å²) in [5.41, 5.74) is 7.31. The van der Waals surface area contributed by atoms with Crippen LogP contribution in [-0.4, -0.2) is 46.8 Å². The Morgan fingerprint density at radius 3 is 2.41 bits per heavy atom. The van der Waals surface area contributed by atoms with Crippen LogP contribution in [0.5, 0.6) is 17.2 Å². The lowest BCUT2D eigenvalue weighted by Gasteiger charge is -2.14. The van der Waals surface area contributed by atoms with Gasteiger partial charge >= 0.3 is 0 Å². The number of carbonyl (C=O) groups excluding carboxylic acids is 1. The summed E-state index contributed by atoms with van der Waals surface area (Å²) in [4.78, 5) is 25.4. The third kappa shape index (κ3) is 4.34. The molecule has 1 amide bonds. The highest BCUT2D eigenvalue weighted by atomic mass is 16.5. The van der Waals surface area contributed by atoms with Gasteiger partial charge in [-0.1, -0.05) is 6.58 Å². The van der Waals surface area contributed by atoms with Crippen LogP contribution in [-0.2, 0) is 13.0 Å². The molecule has 0 spiro atoms. The van der Waals surface area contributed by atoms with Crippen molar-refractivity contribution in [1.29, 1.82) is 0 Å². The van der Waals surface area contributed by atoms with Crippen LogP contribution >= 0.6 is 0 Å². The standard InChI is InChI=1S/C23H25N5O4/c1-6-8-9-10-28-18(13-14-11-15(30-3)21(32-5)16(12-14)31-4)27-20-19(22(24)29)25-17(7-2)26-23(20)28/h1,7,11-12H,2,8-10,13H2,3-5H3,(H2,24,29). The Bertz CT molecular complexity index is 1180. The number of ether oxygens (including phenoxy) is 3. The van der Waals surface area contributed by atoms with Gasteiger partial charge in [0.05, 0.1) is 21.3 Å². The van der Waals surface area contributed by atoms with Crippen LogP contribution < -0.4 is 19.9 Å². The zero-order valence-electron chi connectivity index (χ0n) is 18.3. The minimum absolute atomic E-state index is 0.0479. The minimum atomic E-state index is -0.687. The molecule has 3 rings (SSSR count). The van der Waals surface area contributed by atoms with Crippen molar-refractivity contribution in [3.05, 3.63) is 41.6 Å². The number of terminal acetylenes is 1. The van der Waals surface area contributed by atoms with Crippen LogP contribution in [0.4, 0.5) is 0 Å². The molecular formula is C23H25N5O4. The Labute approximate surface area is 186 Å². The summed E-state index contributed by atoms with van der Waals surface area (Å²) in [5, 5.41) is 0. The Kier molecular flexibility index (Phi) is 6.95. The van der Waals surface area contributed by atoms with Crippen LogP contribution in [0.3, 0.4) is 0 Å². The summed E-state index contributed by atoms with van der Waals surface area (Å²) in [6.45, 7) is 4.26. The first kappa shape index (κ1) is 22.6. The second-order valence-electron chi connectivity index (χ2n) is 6.87. The number of aromatic nitrogens is 4. The molecule has 0 atom stereocenters. The SMILES string of the molecule is C#CCCCn1c(Cc2cc(OC)c(OC)c(OC)c2)nc2c(C(N)=O)nc(C=C)nc21. The van der Waals surface area contributed by atoms with Gasteiger partial charge < -0.3 is 24.5 Å². The third-order valence-corrected chi connectivity index (χ3v) is 4.90. The highest BCUT2D eigenvalue weighted by Gasteiger charge is 2.21. The van der Waals surface area contributed by atoms with Crippen molar-refractivity contribution in [2.75, 3.05) is 21.3 Å². The summed E-state index contributed by atoms with van der Waals surface area (Å²) >= 11 is 0. The highest BCUT2D eigenvalue weighted by Crippen LogP contribution is 2.38. The van der Waals surface area contributed by atoms with E-state index in [4.69, 9.17) is 26.4 Å². The first-order chi connectivity index (χ1) is 15.5. The average Bonchev–Trinajstić information content (AvgIpc) is 3.14. The number of fused-ring (bicyclic) bond motifs is 1. The van der Waals surface area contributed by atoms with E-state index >= 15 is 0 Å². The fourth-order valence-corrected chi connectivity index (χ4v) is 3.45. The molecule has 2 heterocycles. The van der Waals surface area contributed by atoms with Crippen LogP contribution in [0.25, 0.3) is 17.2 Å². The number of nitrogens with two attached hydrogens (primary N) is 1. The largest absolute Gasteiger partial charge is 0.493 e. The molecule has 0 radical (unpaired) electrons. The zero-order valence-corrected chi connectivity index (χ0v) is 18.3. The number of nitrogens with zero attached hydrogens (tertiary/aromatic N) is 4. The van der Waals surface area contributed by atoms with Gasteiger partial charge in [0.25, 0.3) is 5.91 Å². The molecule has 0 saturated carbocycles. The number of hydrogen-bond donors (Lipinski definition) is 1. The topological polar surface area (TPSA) is 114 Å². The maximum absolute atomic E-state index is 12.0. The van der Waals surface area contributed by atoms with Crippen LogP contribution in [0.1, 0.15) is 40.5 Å². The monoisotopic (exact) mass is 435 g/mol. The number of carbonyl (C=O) groups is 1. The van der Waals surface area contributed by atoms with Gasteiger partial charge in [-0.15, -0.1) is 12.3 Å². The Hall–Kier alpha value is -4.06. The lowest BCUT2D eigenvalue weighted by Crippen LogP contribution is -2.15. The number of amides is 1. The quantitative estimate of drug-likeness (QED) is 0.384. The molecule has 0 aliphatic rings. The summed E-state index contributed by atoms with van der Waals surface area (Å²) in [6.07, 6.45) is 8.60. The van der Waals surface area contributed by atoms with Gasteiger partial charge in [-0.2, -0.15) is 0 Å². The molecule has 0 bridgehead atoms. The lowest BCUT2D eigenvalue weighted by molar-refractivity contribution is 0.0997. The fraction of sp³-hybridized carbons (Fsp3) is 0.304. The van der Waals surface area contributed by atoms with Crippen LogP contribution in [0.2, 0.25) is 0 Å². The van der Waals surface area contributed by atoms with Gasteiger partial charge in [-0.05, 0) is 30.2 Å². The Balaban J connectivity index is 2.18. The van der Waals surface area contributed by atoms with E-state index in [0.29, 0.717) is 65.9 Å². The molecule has 0 fully saturated rings. The van der Waals surface area contributed by atoms with Crippen molar-refractivity contribution in [2.24, 2.45) is 5.73 Å². The second-order valence-corrected chi connectivity index (χ2v) is 6.87. The number of rotatable bonds is 10. The molecule has 9 nitrogen and oxygen atoms in total. The van der Waals surface area contributed by atoms with Crippen molar-refractivity contribution in [1.82, 2.24) is 19.5 Å². The highest BCUT2D eigenvalue weighted by molar-refractivity contribution is 6.01. The van der Waals surface area contributed by atoms with Crippen LogP contribution in [0.15, 0.2) is 18.7 Å². The number of benzene rings is 1. The predicted octanol–water partition coefficient (Wildman–Crippen LogP) is 2.60. The lowest BCUT2D eigenvalue weighted by atomic mass is 10.1. The number of primary amides is 1. The van der Waals surface area contributed by atoms with Crippen molar-refractivity contribution >= 4 is 23.1 Å². The van der Waals surface area contributed by atoms with Gasteiger partial charge in [0.2, 0.25) is 5.75 Å². The van der Waals surface area contributed by atoms with Gasteiger partial charge in [0, 0.05) is 19.4 Å². The summed E-state index contributed by atoms with van der Waals surface area (Å²) in [6, 6.07) is 3.70. The maximum Gasteiger partial charge on any atom is 0.269 e. The molecule has 0 aliphatic heterocycles. The Morgan fingerprint density at radius 1 is 1.19 bits per heavy atom. The fourth-order valence-electron chi connectivity index (χ4n) is 3.45. The third-order valence-electron chi connectivity index (χ3n) is 4.90. The molecule has 0 aliphatic carbocycles. The van der Waals surface area contributed by atoms with E-state index in [-0.39, 0.29) is 5.69 Å². The molecule has 2 N–H and O–H groups in total. The van der Waals surface area contributed by atoms with E-state index in [1.807, 2.05) is 16.7 Å². The first-order valence-corrected chi connectivity index (χ1v) is 9.89. The van der Waals surface area contributed by atoms with Gasteiger partial charge in [-0.25, -0.2) is 15.0 Å². The summed E-state index contributed by atoms with van der Waals surface area (Å²) in [5.74, 6) is 4.48. The summed E-state index contributed by atoms with van der Waals surface area (Å²) < 4.78 is 18.2. The molecule has 32 heavy (non-hydrogen) atoms. The van der Waals surface area contributed by atoms with Gasteiger partial charge in [0.15, 0.2) is 28.7 Å². The smallest absolute Gasteiger partial charge is 0.269 e. The normalized spacial score (nSPS) is 10.6. The number of aryl methyl sites for hydroxylation is 1. The number of unbranched alkanes of at least 4 members (excludes halogenated alkanes) is 1. The number of hydrogen-bond acceptors (Lipinski definition) is 7. The average molecular weight is 435 g/mol. The van der Waals surface area contributed by atoms with E-state index < -0.39 is 5.91 Å². The van der Waals surface area contributed by atoms with Crippen molar-refractivity contribution in [3.63, 3.8) is 0 Å². The van der Waals surface area contributed by atoms with Crippen molar-refractivity contribution in [2.45, 2.75) is 25.8 Å². The molecule has 3 aromatic rings. The zero-order chi connectivity index (χ0) is 23.3. The van der Waals surface area contributed by atoms with E-state index in [0.717, 1.165) is 5.56 Å². The Morgan fingerprint density at radius 2 is 1.88 bits per heavy atom. The molecule has 166 valence electrons.